The van der Waals surface area contributed by atoms with E-state index >= 15 is 0 Å². The summed E-state index contributed by atoms with van der Waals surface area (Å²) in [5.41, 5.74) is 5.54. The van der Waals surface area contributed by atoms with E-state index < -0.39 is 20.5 Å². The zero-order chi connectivity index (χ0) is 24.1. The molecule has 3 N–H and O–H groups in total. The summed E-state index contributed by atoms with van der Waals surface area (Å²) in [6.45, 7) is 3.16. The molecule has 3 rings (SSSR count). The van der Waals surface area contributed by atoms with Crippen molar-refractivity contribution in [3.63, 3.8) is 0 Å². The summed E-state index contributed by atoms with van der Waals surface area (Å²) in [4.78, 5) is 14.1. The van der Waals surface area contributed by atoms with Gasteiger partial charge >= 0.3 is 0 Å². The van der Waals surface area contributed by atoms with E-state index in [1.807, 2.05) is 24.3 Å². The number of phenols is 1. The summed E-state index contributed by atoms with van der Waals surface area (Å²) >= 11 is 0. The van der Waals surface area contributed by atoms with Gasteiger partial charge in [0.2, 0.25) is 0 Å². The molecule has 1 aliphatic heterocycles. The van der Waals surface area contributed by atoms with Crippen molar-refractivity contribution in [2.75, 3.05) is 25.9 Å². The number of hydroxylamine groups is 1. The Labute approximate surface area is 194 Å². The van der Waals surface area contributed by atoms with Gasteiger partial charge in [-0.3, -0.25) is 14.9 Å². The number of carbonyl (C=O) groups is 1. The van der Waals surface area contributed by atoms with Crippen LogP contribution in [0, 0.1) is 11.8 Å². The predicted octanol–water partition coefficient (Wildman–Crippen LogP) is 2.58. The highest BCUT2D eigenvalue weighted by Crippen LogP contribution is 2.25. The first-order valence-electron chi connectivity index (χ1n) is 10.6. The molecule has 0 radical (unpaired) electrons. The molecule has 2 aromatic rings. The predicted molar refractivity (Wildman–Crippen MR) is 127 cm³/mol. The van der Waals surface area contributed by atoms with Gasteiger partial charge in [-0.05, 0) is 67.3 Å². The summed E-state index contributed by atoms with van der Waals surface area (Å²) in [7, 11) is -3.70. The van der Waals surface area contributed by atoms with Crippen molar-refractivity contribution in [2.24, 2.45) is 0 Å². The number of phenolic OH excluding ortho intramolecular Hbond substituents is 1. The van der Waals surface area contributed by atoms with Crippen molar-refractivity contribution in [1.29, 1.82) is 0 Å². The molecule has 33 heavy (non-hydrogen) atoms. The van der Waals surface area contributed by atoms with Crippen LogP contribution in [0.1, 0.15) is 36.5 Å². The monoisotopic (exact) mass is 468 g/mol. The molecule has 174 valence electrons. The van der Waals surface area contributed by atoms with Crippen molar-refractivity contribution in [2.45, 2.75) is 24.5 Å². The summed E-state index contributed by atoms with van der Waals surface area (Å²) in [5.74, 6) is 5.49. The number of amides is 1. The van der Waals surface area contributed by atoms with E-state index in [1.54, 1.807) is 24.3 Å². The molecule has 7 nitrogen and oxygen atoms in total. The number of hydrogen-bond donors (Lipinski definition) is 3. The SMILES string of the molecule is CC(CCN1CC=C(c2ccc(C#Cc3ccc(O)cc3)cc2)CC1)(C(=O)NO)S(C)(=O)=O. The van der Waals surface area contributed by atoms with E-state index in [4.69, 9.17) is 5.21 Å². The average Bonchev–Trinajstić information content (AvgIpc) is 2.81. The highest BCUT2D eigenvalue weighted by molar-refractivity contribution is 7.92. The van der Waals surface area contributed by atoms with Crippen LogP contribution in [-0.2, 0) is 14.6 Å². The first-order valence-corrected chi connectivity index (χ1v) is 12.5. The zero-order valence-corrected chi connectivity index (χ0v) is 19.5. The van der Waals surface area contributed by atoms with E-state index in [0.717, 1.165) is 35.9 Å². The maximum atomic E-state index is 12.1. The molecule has 0 spiro atoms. The minimum atomic E-state index is -3.70. The fourth-order valence-corrected chi connectivity index (χ4v) is 4.43. The third kappa shape index (κ3) is 6.02. The second-order valence-corrected chi connectivity index (χ2v) is 10.8. The molecule has 0 fully saturated rings. The van der Waals surface area contributed by atoms with Crippen LogP contribution in [0.25, 0.3) is 5.57 Å². The van der Waals surface area contributed by atoms with E-state index in [9.17, 15) is 18.3 Å². The molecule has 0 saturated heterocycles. The lowest BCUT2D eigenvalue weighted by atomic mass is 9.97. The standard InChI is InChI=1S/C25H28N2O5S/c1-25(24(29)26-30,33(2,31)32)15-18-27-16-13-22(14-17-27)21-9-5-19(6-10-21)3-4-20-7-11-23(28)12-8-20/h5-13,28,30H,14-18H2,1-2H3,(H,26,29). The van der Waals surface area contributed by atoms with Gasteiger partial charge in [0.05, 0.1) is 0 Å². The normalized spacial score (nSPS) is 16.2. The first-order chi connectivity index (χ1) is 15.6. The van der Waals surface area contributed by atoms with Gasteiger partial charge in [-0.25, -0.2) is 13.9 Å². The molecule has 0 saturated carbocycles. The topological polar surface area (TPSA) is 107 Å². The second-order valence-electron chi connectivity index (χ2n) is 8.35. The first kappa shape index (κ1) is 24.5. The fourth-order valence-electron chi connectivity index (χ4n) is 3.59. The number of hydrogen-bond acceptors (Lipinski definition) is 6. The van der Waals surface area contributed by atoms with Crippen molar-refractivity contribution in [3.8, 4) is 17.6 Å². The van der Waals surface area contributed by atoms with Crippen LogP contribution in [0.5, 0.6) is 5.75 Å². The number of nitrogens with zero attached hydrogens (tertiary/aromatic N) is 1. The van der Waals surface area contributed by atoms with Gasteiger partial charge in [0.25, 0.3) is 5.91 Å². The van der Waals surface area contributed by atoms with Crippen LogP contribution in [0.3, 0.4) is 0 Å². The molecule has 2 aromatic carbocycles. The van der Waals surface area contributed by atoms with Crippen LogP contribution >= 0.6 is 0 Å². The second kappa shape index (κ2) is 10.2. The minimum Gasteiger partial charge on any atom is -0.508 e. The number of sulfone groups is 1. The highest BCUT2D eigenvalue weighted by atomic mass is 32.2. The van der Waals surface area contributed by atoms with Gasteiger partial charge in [0.15, 0.2) is 14.6 Å². The molecular weight excluding hydrogens is 440 g/mol. The molecule has 1 aliphatic rings. The molecule has 1 heterocycles. The number of benzene rings is 2. The zero-order valence-electron chi connectivity index (χ0n) is 18.7. The Morgan fingerprint density at radius 2 is 1.67 bits per heavy atom. The minimum absolute atomic E-state index is 0.0931. The summed E-state index contributed by atoms with van der Waals surface area (Å²) < 4.78 is 22.5. The maximum Gasteiger partial charge on any atom is 0.264 e. The van der Waals surface area contributed by atoms with E-state index in [-0.39, 0.29) is 12.2 Å². The third-order valence-electron chi connectivity index (χ3n) is 6.07. The van der Waals surface area contributed by atoms with Gasteiger partial charge in [-0.15, -0.1) is 0 Å². The van der Waals surface area contributed by atoms with E-state index in [2.05, 4.69) is 22.8 Å². The van der Waals surface area contributed by atoms with Gasteiger partial charge < -0.3 is 5.11 Å². The molecule has 0 aliphatic carbocycles. The number of nitrogens with one attached hydrogen (secondary N) is 1. The summed E-state index contributed by atoms with van der Waals surface area (Å²) in [6.07, 6.45) is 4.02. The Morgan fingerprint density at radius 1 is 1.09 bits per heavy atom. The van der Waals surface area contributed by atoms with Gasteiger partial charge in [0.1, 0.15) is 5.75 Å². The number of aromatic hydroxyl groups is 1. The quantitative estimate of drug-likeness (QED) is 0.342. The van der Waals surface area contributed by atoms with Crippen LogP contribution in [0.4, 0.5) is 0 Å². The fraction of sp³-hybridized carbons (Fsp3) is 0.320. The van der Waals surface area contributed by atoms with Crippen LogP contribution < -0.4 is 5.48 Å². The molecule has 0 bridgehead atoms. The average molecular weight is 469 g/mol. The molecule has 8 heteroatoms. The van der Waals surface area contributed by atoms with E-state index in [1.165, 1.54) is 18.0 Å². The molecule has 1 atom stereocenters. The smallest absolute Gasteiger partial charge is 0.264 e. The molecule has 1 amide bonds. The Bertz CT molecular complexity index is 1190. The largest absolute Gasteiger partial charge is 0.508 e. The Kier molecular flexibility index (Phi) is 7.59. The molecule has 0 aromatic heterocycles. The lowest BCUT2D eigenvalue weighted by molar-refractivity contribution is -0.131. The van der Waals surface area contributed by atoms with Gasteiger partial charge in [0, 0.05) is 37.0 Å². The third-order valence-corrected chi connectivity index (χ3v) is 8.10. The molecule has 1 unspecified atom stereocenters. The van der Waals surface area contributed by atoms with Crippen LogP contribution in [0.2, 0.25) is 0 Å². The number of rotatable bonds is 6. The van der Waals surface area contributed by atoms with E-state index in [0.29, 0.717) is 13.1 Å². The lowest BCUT2D eigenvalue weighted by Crippen LogP contribution is -2.51. The molecular formula is C25H28N2O5S. The van der Waals surface area contributed by atoms with Crippen molar-refractivity contribution in [1.82, 2.24) is 10.4 Å². The maximum absolute atomic E-state index is 12.1. The Balaban J connectivity index is 1.60. The lowest BCUT2D eigenvalue weighted by Gasteiger charge is -2.31. The Hall–Kier alpha value is -3.12. The van der Waals surface area contributed by atoms with Gasteiger partial charge in [-0.1, -0.05) is 30.0 Å². The van der Waals surface area contributed by atoms with Gasteiger partial charge in [-0.2, -0.15) is 0 Å². The van der Waals surface area contributed by atoms with Crippen molar-refractivity contribution >= 4 is 21.3 Å². The number of carbonyl (C=O) groups excluding carboxylic acids is 1. The van der Waals surface area contributed by atoms with Crippen LogP contribution in [-0.4, -0.2) is 60.2 Å². The van der Waals surface area contributed by atoms with Crippen LogP contribution in [0.15, 0.2) is 54.6 Å². The van der Waals surface area contributed by atoms with Crippen molar-refractivity contribution < 1.29 is 23.5 Å². The highest BCUT2D eigenvalue weighted by Gasteiger charge is 2.43. The van der Waals surface area contributed by atoms with Crippen molar-refractivity contribution in [3.05, 3.63) is 71.3 Å². The summed E-state index contributed by atoms with van der Waals surface area (Å²) in [5, 5.41) is 18.3. The summed E-state index contributed by atoms with van der Waals surface area (Å²) in [6, 6.07) is 14.8. The Morgan fingerprint density at radius 3 is 2.15 bits per heavy atom.